The van der Waals surface area contributed by atoms with Gasteiger partial charge < -0.3 is 9.80 Å². The number of terminal acetylenes is 1. The first-order valence-corrected chi connectivity index (χ1v) is 11.5. The number of nitrogens with one attached hydrogen (secondary N) is 1. The Bertz CT molecular complexity index is 1010. The number of hydrogen-bond donors (Lipinski definition) is 1. The van der Waals surface area contributed by atoms with Gasteiger partial charge in [0.1, 0.15) is 6.07 Å². The quantitative estimate of drug-likeness (QED) is 0.653. The van der Waals surface area contributed by atoms with Gasteiger partial charge in [-0.15, -0.1) is 24.6 Å². The zero-order chi connectivity index (χ0) is 26.0. The molecule has 2 aliphatic rings. The number of guanidine groups is 1. The number of amides is 1. The Morgan fingerprint density at radius 1 is 1.35 bits per heavy atom. The Kier molecular flexibility index (Phi) is 11.3. The van der Waals surface area contributed by atoms with E-state index in [-0.39, 0.29) is 29.0 Å². The molecule has 2 aliphatic heterocycles. The molecule has 0 aliphatic carbocycles. The number of rotatable bonds is 4. The lowest BCUT2D eigenvalue weighted by Gasteiger charge is -2.41. The van der Waals surface area contributed by atoms with Crippen molar-refractivity contribution in [3.63, 3.8) is 0 Å². The van der Waals surface area contributed by atoms with E-state index in [0.29, 0.717) is 35.1 Å². The first-order valence-electron chi connectivity index (χ1n) is 10.7. The van der Waals surface area contributed by atoms with Crippen LogP contribution < -0.4 is 4.90 Å². The molecular formula is C24H32FN7OS. The number of aromatic nitrogens is 2. The topological polar surface area (TPSA) is 100 Å². The molecule has 10 heteroatoms. The van der Waals surface area contributed by atoms with Gasteiger partial charge in [-0.25, -0.2) is 14.4 Å². The fourth-order valence-corrected chi connectivity index (χ4v) is 4.36. The molecule has 2 unspecified atom stereocenters. The lowest BCUT2D eigenvalue weighted by molar-refractivity contribution is -0.129. The molecule has 0 aromatic carbocycles. The molecule has 8 nitrogen and oxygen atoms in total. The maximum Gasteiger partial charge on any atom is 0.231 e. The van der Waals surface area contributed by atoms with E-state index in [2.05, 4.69) is 28.9 Å². The van der Waals surface area contributed by atoms with Crippen LogP contribution in [0.25, 0.3) is 0 Å². The van der Waals surface area contributed by atoms with Crippen LogP contribution in [-0.2, 0) is 11.2 Å². The highest BCUT2D eigenvalue weighted by Crippen LogP contribution is 2.33. The number of anilines is 1. The molecule has 0 radical (unpaired) electrons. The second-order valence-electron chi connectivity index (χ2n) is 7.78. The van der Waals surface area contributed by atoms with E-state index in [9.17, 15) is 9.18 Å². The van der Waals surface area contributed by atoms with Gasteiger partial charge in [0.25, 0.3) is 0 Å². The number of hydrogen-bond acceptors (Lipinski definition) is 7. The largest absolute Gasteiger partial charge is 0.347 e. The van der Waals surface area contributed by atoms with Gasteiger partial charge in [0.2, 0.25) is 11.9 Å². The molecule has 3 heterocycles. The van der Waals surface area contributed by atoms with E-state index in [4.69, 9.17) is 10.7 Å². The van der Waals surface area contributed by atoms with Crippen LogP contribution in [0, 0.1) is 42.3 Å². The van der Waals surface area contributed by atoms with Crippen molar-refractivity contribution < 1.29 is 9.18 Å². The van der Waals surface area contributed by atoms with E-state index < -0.39 is 0 Å². The highest BCUT2D eigenvalue weighted by Gasteiger charge is 2.37. The first kappa shape index (κ1) is 28.7. The van der Waals surface area contributed by atoms with Crippen LogP contribution in [0.2, 0.25) is 0 Å². The van der Waals surface area contributed by atoms with E-state index >= 15 is 0 Å². The molecule has 1 amide bonds. The predicted molar refractivity (Wildman–Crippen MR) is 136 cm³/mol. The zero-order valence-corrected chi connectivity index (χ0v) is 21.4. The van der Waals surface area contributed by atoms with Crippen molar-refractivity contribution >= 4 is 29.6 Å². The second-order valence-corrected chi connectivity index (χ2v) is 9.00. The Labute approximate surface area is 206 Å². The summed E-state index contributed by atoms with van der Waals surface area (Å²) >= 11 is 1.45. The number of nitriles is 1. The van der Waals surface area contributed by atoms with Gasteiger partial charge >= 0.3 is 0 Å². The summed E-state index contributed by atoms with van der Waals surface area (Å²) in [4.78, 5) is 25.6. The van der Waals surface area contributed by atoms with Crippen LogP contribution in [0.3, 0.4) is 0 Å². The van der Waals surface area contributed by atoms with Crippen molar-refractivity contribution in [2.75, 3.05) is 33.1 Å². The number of carbonyl (C=O) groups excluding carboxylic acids is 1. The molecule has 3 rings (SSSR count). The zero-order valence-electron chi connectivity index (χ0n) is 20.5. The van der Waals surface area contributed by atoms with Gasteiger partial charge in [0.05, 0.1) is 22.3 Å². The van der Waals surface area contributed by atoms with Gasteiger partial charge in [-0.05, 0) is 19.4 Å². The van der Waals surface area contributed by atoms with Crippen molar-refractivity contribution in [3.05, 3.63) is 40.3 Å². The number of aryl methyl sites for hydroxylation is 2. The minimum atomic E-state index is -0.266. The van der Waals surface area contributed by atoms with E-state index in [1.165, 1.54) is 16.7 Å². The molecule has 1 aromatic rings. The number of halogens is 1. The van der Waals surface area contributed by atoms with Crippen molar-refractivity contribution in [1.82, 2.24) is 19.8 Å². The number of carbonyl (C=O) groups is 1. The van der Waals surface area contributed by atoms with Gasteiger partial charge in [0, 0.05) is 39.9 Å². The van der Waals surface area contributed by atoms with Crippen molar-refractivity contribution in [1.29, 1.82) is 10.7 Å². The van der Waals surface area contributed by atoms with Crippen molar-refractivity contribution in [2.45, 2.75) is 44.4 Å². The standard InChI is InChI=1S/C12H14N4OS.C10H16FN3.C2H2/c1-15-9(6-11(17)16(2)12(15)14)10-5-3-4-8(7-13)18-10;1-5-6-8-9(11)7(2)12-10(13-8)14(3)4;1-2/h3-5,9-10,14H,6H2,1-2H3;5-6H2,1-4H3;1-2H. The summed E-state index contributed by atoms with van der Waals surface area (Å²) in [7, 11) is 7.13. The smallest absolute Gasteiger partial charge is 0.231 e. The van der Waals surface area contributed by atoms with Gasteiger partial charge in [0.15, 0.2) is 11.8 Å². The van der Waals surface area contributed by atoms with Gasteiger partial charge in [-0.2, -0.15) is 5.26 Å². The molecule has 0 spiro atoms. The normalized spacial score (nSPS) is 19.2. The summed E-state index contributed by atoms with van der Waals surface area (Å²) in [5.41, 5.74) is 0.941. The first-order chi connectivity index (χ1) is 16.1. The predicted octanol–water partition coefficient (Wildman–Crippen LogP) is 3.35. The Morgan fingerprint density at radius 3 is 2.56 bits per heavy atom. The van der Waals surface area contributed by atoms with Crippen LogP contribution >= 0.6 is 11.8 Å². The van der Waals surface area contributed by atoms with E-state index in [1.54, 1.807) is 29.8 Å². The molecule has 1 saturated heterocycles. The average Bonchev–Trinajstić information content (AvgIpc) is 2.84. The molecule has 2 atom stereocenters. The molecule has 182 valence electrons. The van der Waals surface area contributed by atoms with Crippen LogP contribution in [0.15, 0.2) is 23.1 Å². The van der Waals surface area contributed by atoms with Crippen LogP contribution in [0.5, 0.6) is 0 Å². The van der Waals surface area contributed by atoms with Crippen LogP contribution in [0.4, 0.5) is 10.3 Å². The minimum Gasteiger partial charge on any atom is -0.347 e. The minimum absolute atomic E-state index is 0.0349. The summed E-state index contributed by atoms with van der Waals surface area (Å²) in [5, 5.41) is 16.8. The molecular weight excluding hydrogens is 453 g/mol. The fraction of sp³-hybridized carbons (Fsp3) is 0.458. The lowest BCUT2D eigenvalue weighted by atomic mass is 10.0. The molecule has 0 bridgehead atoms. The Hall–Kier alpha value is -3.37. The maximum absolute atomic E-state index is 13.5. The molecule has 1 aromatic heterocycles. The summed E-state index contributed by atoms with van der Waals surface area (Å²) in [6.07, 6.45) is 15.5. The number of nitrogens with zero attached hydrogens (tertiary/aromatic N) is 6. The van der Waals surface area contributed by atoms with Gasteiger partial charge in [-0.3, -0.25) is 15.1 Å². The molecule has 1 N–H and O–H groups in total. The molecule has 34 heavy (non-hydrogen) atoms. The number of thioether (sulfide) groups is 1. The fourth-order valence-electron chi connectivity index (χ4n) is 3.25. The summed E-state index contributed by atoms with van der Waals surface area (Å²) in [6, 6.07) is 2.05. The van der Waals surface area contributed by atoms with Crippen molar-refractivity contribution in [3.8, 4) is 18.9 Å². The average molecular weight is 486 g/mol. The van der Waals surface area contributed by atoms with Crippen LogP contribution in [0.1, 0.15) is 31.2 Å². The third kappa shape index (κ3) is 7.06. The molecule has 1 fully saturated rings. The van der Waals surface area contributed by atoms with E-state index in [1.807, 2.05) is 40.2 Å². The Morgan fingerprint density at radius 2 is 2.00 bits per heavy atom. The summed E-state index contributed by atoms with van der Waals surface area (Å²) in [5.74, 6) is 0.466. The monoisotopic (exact) mass is 485 g/mol. The Balaban J connectivity index is 0.000000326. The van der Waals surface area contributed by atoms with Crippen LogP contribution in [-0.4, -0.2) is 71.1 Å². The van der Waals surface area contributed by atoms with Crippen molar-refractivity contribution in [2.24, 2.45) is 0 Å². The maximum atomic E-state index is 13.5. The summed E-state index contributed by atoms with van der Waals surface area (Å²) < 4.78 is 13.5. The van der Waals surface area contributed by atoms with Gasteiger partial charge in [-0.1, -0.05) is 25.5 Å². The second kappa shape index (κ2) is 13.4. The number of allylic oxidation sites excluding steroid dienone is 3. The third-order valence-corrected chi connectivity index (χ3v) is 6.39. The third-order valence-electron chi connectivity index (χ3n) is 5.17. The molecule has 0 saturated carbocycles. The highest BCUT2D eigenvalue weighted by molar-refractivity contribution is 8.04. The highest BCUT2D eigenvalue weighted by atomic mass is 32.2. The SMILES string of the molecule is C#C.CCCc1nc(N(C)C)nc(C)c1F.CN1C(=N)N(C)C(C2C=CC=C(C#N)S2)CC1=O. The lowest BCUT2D eigenvalue weighted by Crippen LogP contribution is -2.57. The van der Waals surface area contributed by atoms with E-state index in [0.717, 1.165) is 6.42 Å². The summed E-state index contributed by atoms with van der Waals surface area (Å²) in [6.45, 7) is 3.68.